The van der Waals surface area contributed by atoms with Crippen molar-refractivity contribution in [3.63, 3.8) is 0 Å². The Labute approximate surface area is 75.8 Å². The Morgan fingerprint density at radius 2 is 2.46 bits per heavy atom. The highest BCUT2D eigenvalue weighted by Crippen LogP contribution is 2.50. The van der Waals surface area contributed by atoms with Crippen molar-refractivity contribution in [2.45, 2.75) is 37.6 Å². The summed E-state index contributed by atoms with van der Waals surface area (Å²) in [5, 5.41) is 18.0. The van der Waals surface area contributed by atoms with Gasteiger partial charge in [-0.25, -0.2) is 4.79 Å². The van der Waals surface area contributed by atoms with Crippen LogP contribution < -0.4 is 0 Å². The van der Waals surface area contributed by atoms with E-state index in [0.29, 0.717) is 18.4 Å². The third-order valence-corrected chi connectivity index (χ3v) is 2.82. The number of aliphatic carboxylic acids is 1. The summed E-state index contributed by atoms with van der Waals surface area (Å²) in [6, 6.07) is 0. The van der Waals surface area contributed by atoms with Gasteiger partial charge in [-0.15, -0.1) is 0 Å². The fraction of sp³-hybridized carbons (Fsp3) is 0.667. The van der Waals surface area contributed by atoms with Crippen molar-refractivity contribution >= 4 is 5.97 Å². The van der Waals surface area contributed by atoms with Crippen LogP contribution in [0.15, 0.2) is 11.6 Å². The highest BCUT2D eigenvalue weighted by molar-refractivity contribution is 5.81. The maximum absolute atomic E-state index is 10.5. The van der Waals surface area contributed by atoms with Gasteiger partial charge in [-0.05, 0) is 18.9 Å². The van der Waals surface area contributed by atoms with Crippen LogP contribution in [0.4, 0.5) is 0 Å². The minimum Gasteiger partial charge on any atom is -0.478 e. The number of aliphatic hydroxyl groups excluding tert-OH is 1. The Balaban J connectivity index is 2.21. The summed E-state index contributed by atoms with van der Waals surface area (Å²) in [4.78, 5) is 10.5. The molecule has 2 fully saturated rings. The number of hydrogen-bond acceptors (Lipinski definition) is 3. The lowest BCUT2D eigenvalue weighted by atomic mass is 9.83. The van der Waals surface area contributed by atoms with Gasteiger partial charge in [0.25, 0.3) is 0 Å². The Hall–Kier alpha value is -0.870. The molecule has 0 aromatic rings. The van der Waals surface area contributed by atoms with Gasteiger partial charge < -0.3 is 14.9 Å². The van der Waals surface area contributed by atoms with Crippen LogP contribution >= 0.6 is 0 Å². The van der Waals surface area contributed by atoms with E-state index in [9.17, 15) is 9.90 Å². The summed E-state index contributed by atoms with van der Waals surface area (Å²) in [7, 11) is 0. The average Bonchev–Trinajstić information content (AvgIpc) is 2.60. The molecule has 1 aliphatic carbocycles. The number of aliphatic hydroxyl groups is 1. The van der Waals surface area contributed by atoms with Crippen molar-refractivity contribution in [1.82, 2.24) is 0 Å². The first-order valence-electron chi connectivity index (χ1n) is 4.32. The van der Waals surface area contributed by atoms with Gasteiger partial charge in [0, 0.05) is 12.5 Å². The maximum atomic E-state index is 10.5. The lowest BCUT2D eigenvalue weighted by Crippen LogP contribution is -2.27. The summed E-state index contributed by atoms with van der Waals surface area (Å²) in [5.41, 5.74) is 0.293. The van der Waals surface area contributed by atoms with Crippen molar-refractivity contribution in [2.75, 3.05) is 0 Å². The molecule has 2 N–H and O–H groups in total. The second-order valence-corrected chi connectivity index (χ2v) is 3.82. The predicted molar refractivity (Wildman–Crippen MR) is 44.2 cm³/mol. The first-order valence-corrected chi connectivity index (χ1v) is 4.32. The Morgan fingerprint density at radius 3 is 3.08 bits per heavy atom. The Kier molecular flexibility index (Phi) is 1.72. The molecule has 0 aromatic heterocycles. The van der Waals surface area contributed by atoms with Crippen molar-refractivity contribution in [1.29, 1.82) is 0 Å². The van der Waals surface area contributed by atoms with Crippen LogP contribution in [-0.4, -0.2) is 34.0 Å². The molecule has 0 radical (unpaired) electrons. The zero-order valence-electron chi connectivity index (χ0n) is 7.36. The summed E-state index contributed by atoms with van der Waals surface area (Å²) in [5.74, 6) is -0.973. The molecule has 2 aliphatic rings. The van der Waals surface area contributed by atoms with Gasteiger partial charge in [0.2, 0.25) is 0 Å². The van der Waals surface area contributed by atoms with Crippen molar-refractivity contribution in [2.24, 2.45) is 0 Å². The van der Waals surface area contributed by atoms with Crippen molar-refractivity contribution < 1.29 is 19.7 Å². The summed E-state index contributed by atoms with van der Waals surface area (Å²) >= 11 is 0. The number of carboxylic acids is 1. The predicted octanol–water partition coefficient (Wildman–Crippen LogP) is 0.310. The number of carbonyl (C=O) groups is 1. The van der Waals surface area contributed by atoms with Crippen molar-refractivity contribution in [3.8, 4) is 0 Å². The maximum Gasteiger partial charge on any atom is 0.328 e. The van der Waals surface area contributed by atoms with E-state index >= 15 is 0 Å². The van der Waals surface area contributed by atoms with Gasteiger partial charge in [-0.1, -0.05) is 0 Å². The number of epoxide rings is 1. The standard InChI is InChI=1S/C9H12O4/c1-9-5(3-8(11)12)2-6(10)4-7(9)13-9/h3,6-7,10H,2,4H2,1H3,(H,11,12)/b5-3+/t6-,7+,9-/m0/s1. The lowest BCUT2D eigenvalue weighted by molar-refractivity contribution is -0.131. The van der Waals surface area contributed by atoms with Crippen LogP contribution in [-0.2, 0) is 9.53 Å². The molecule has 1 saturated heterocycles. The molecule has 1 heterocycles. The Morgan fingerprint density at radius 1 is 1.77 bits per heavy atom. The van der Waals surface area contributed by atoms with Gasteiger partial charge in [-0.3, -0.25) is 0 Å². The molecule has 0 aromatic carbocycles. The molecule has 13 heavy (non-hydrogen) atoms. The first-order chi connectivity index (χ1) is 6.02. The molecule has 0 bridgehead atoms. The van der Waals surface area contributed by atoms with Gasteiger partial charge in [0.1, 0.15) is 5.60 Å². The second kappa shape index (κ2) is 2.56. The topological polar surface area (TPSA) is 70.1 Å². The number of fused-ring (bicyclic) bond motifs is 1. The normalized spacial score (nSPS) is 45.8. The van der Waals surface area contributed by atoms with E-state index in [4.69, 9.17) is 9.84 Å². The zero-order valence-corrected chi connectivity index (χ0v) is 7.36. The molecule has 1 aliphatic heterocycles. The molecule has 3 atom stereocenters. The molecule has 4 heteroatoms. The Bertz CT molecular complexity index is 283. The molecule has 1 saturated carbocycles. The van der Waals surface area contributed by atoms with Gasteiger partial charge in [-0.2, -0.15) is 0 Å². The minimum absolute atomic E-state index is 0.0156. The molecule has 2 rings (SSSR count). The van der Waals surface area contributed by atoms with E-state index < -0.39 is 17.7 Å². The van der Waals surface area contributed by atoms with Crippen LogP contribution in [0.5, 0.6) is 0 Å². The van der Waals surface area contributed by atoms with E-state index in [1.165, 1.54) is 0 Å². The number of rotatable bonds is 1. The third-order valence-electron chi connectivity index (χ3n) is 2.82. The molecule has 0 amide bonds. The van der Waals surface area contributed by atoms with E-state index in [0.717, 1.165) is 6.08 Å². The minimum atomic E-state index is -0.973. The molecular weight excluding hydrogens is 172 g/mol. The summed E-state index contributed by atoms with van der Waals surface area (Å²) in [6.45, 7) is 1.87. The number of hydrogen-bond donors (Lipinski definition) is 2. The second-order valence-electron chi connectivity index (χ2n) is 3.82. The summed E-state index contributed by atoms with van der Waals surface area (Å²) in [6.07, 6.45) is 1.75. The zero-order chi connectivity index (χ0) is 9.64. The quantitative estimate of drug-likeness (QED) is 0.454. The lowest BCUT2D eigenvalue weighted by Gasteiger charge is -2.20. The fourth-order valence-electron chi connectivity index (χ4n) is 1.96. The molecule has 0 spiro atoms. The van der Waals surface area contributed by atoms with Crippen LogP contribution in [0.3, 0.4) is 0 Å². The largest absolute Gasteiger partial charge is 0.478 e. The average molecular weight is 184 g/mol. The number of ether oxygens (including phenoxy) is 1. The highest BCUT2D eigenvalue weighted by atomic mass is 16.6. The SMILES string of the molecule is C[C@@]12O[C@@H]1C[C@@H](O)C/C2=C\C(=O)O. The van der Waals surface area contributed by atoms with E-state index in [1.807, 2.05) is 6.92 Å². The van der Waals surface area contributed by atoms with Crippen LogP contribution in [0.25, 0.3) is 0 Å². The first kappa shape index (κ1) is 8.72. The van der Waals surface area contributed by atoms with Gasteiger partial charge in [0.15, 0.2) is 0 Å². The van der Waals surface area contributed by atoms with Crippen LogP contribution in [0, 0.1) is 0 Å². The highest BCUT2D eigenvalue weighted by Gasteiger charge is 2.58. The molecular formula is C9H12O4. The van der Waals surface area contributed by atoms with Crippen molar-refractivity contribution in [3.05, 3.63) is 11.6 Å². The molecule has 72 valence electrons. The summed E-state index contributed by atoms with van der Waals surface area (Å²) < 4.78 is 5.36. The van der Waals surface area contributed by atoms with Gasteiger partial charge in [0.05, 0.1) is 12.2 Å². The number of carboxylic acid groups (broad SMARTS) is 1. The third kappa shape index (κ3) is 1.36. The van der Waals surface area contributed by atoms with Crippen LogP contribution in [0.1, 0.15) is 19.8 Å². The molecule has 0 unspecified atom stereocenters. The van der Waals surface area contributed by atoms with E-state index in [-0.39, 0.29) is 6.10 Å². The fourth-order valence-corrected chi connectivity index (χ4v) is 1.96. The smallest absolute Gasteiger partial charge is 0.328 e. The van der Waals surface area contributed by atoms with Gasteiger partial charge >= 0.3 is 5.97 Å². The van der Waals surface area contributed by atoms with E-state index in [1.54, 1.807) is 0 Å². The monoisotopic (exact) mass is 184 g/mol. The molecule has 4 nitrogen and oxygen atoms in total. The van der Waals surface area contributed by atoms with E-state index in [2.05, 4.69) is 0 Å². The van der Waals surface area contributed by atoms with Crippen LogP contribution in [0.2, 0.25) is 0 Å².